The van der Waals surface area contributed by atoms with Crippen LogP contribution in [0.3, 0.4) is 0 Å². The molecule has 1 aromatic carbocycles. The van der Waals surface area contributed by atoms with Crippen LogP contribution in [0.4, 0.5) is 17.2 Å². The number of nitrogens with zero attached hydrogens (tertiary/aromatic N) is 2. The molecular weight excluding hydrogens is 276 g/mol. The van der Waals surface area contributed by atoms with E-state index >= 15 is 0 Å². The average molecular weight is 286 g/mol. The number of hydrogen-bond acceptors (Lipinski definition) is 6. The van der Waals surface area contributed by atoms with Crippen LogP contribution in [-0.2, 0) is 0 Å². The molecule has 0 bridgehead atoms. The zero-order valence-electron chi connectivity index (χ0n) is 10.2. The van der Waals surface area contributed by atoms with Gasteiger partial charge >= 0.3 is 5.97 Å². The number of aromatic nitrogens is 2. The number of benzene rings is 1. The van der Waals surface area contributed by atoms with Crippen molar-refractivity contribution in [1.82, 2.24) is 9.97 Å². The third kappa shape index (κ3) is 2.14. The number of nitrogens with two attached hydrogens (primary N) is 1. The van der Waals surface area contributed by atoms with Crippen molar-refractivity contribution in [3.8, 4) is 0 Å². The van der Waals surface area contributed by atoms with Crippen molar-refractivity contribution in [2.24, 2.45) is 0 Å². The second-order valence-electron chi connectivity index (χ2n) is 4.09. The number of aromatic carboxylic acids is 1. The lowest BCUT2D eigenvalue weighted by Gasteiger charge is -2.09. The van der Waals surface area contributed by atoms with Crippen molar-refractivity contribution < 1.29 is 9.90 Å². The molecule has 20 heavy (non-hydrogen) atoms. The van der Waals surface area contributed by atoms with Gasteiger partial charge in [-0.2, -0.15) is 0 Å². The van der Waals surface area contributed by atoms with E-state index in [4.69, 9.17) is 10.8 Å². The molecule has 0 unspecified atom stereocenters. The summed E-state index contributed by atoms with van der Waals surface area (Å²) in [5.41, 5.74) is 9.42. The van der Waals surface area contributed by atoms with Crippen LogP contribution >= 0.6 is 11.3 Å². The lowest BCUT2D eigenvalue weighted by molar-refractivity contribution is 0.0698. The number of rotatable bonds is 3. The molecule has 0 aliphatic heterocycles. The number of carboxylic acid groups (broad SMARTS) is 1. The van der Waals surface area contributed by atoms with E-state index < -0.39 is 5.97 Å². The highest BCUT2D eigenvalue weighted by Crippen LogP contribution is 2.27. The Kier molecular flexibility index (Phi) is 2.96. The molecule has 0 amide bonds. The van der Waals surface area contributed by atoms with Gasteiger partial charge in [-0.1, -0.05) is 0 Å². The van der Waals surface area contributed by atoms with Gasteiger partial charge in [0.15, 0.2) is 5.82 Å². The highest BCUT2D eigenvalue weighted by Gasteiger charge is 2.12. The highest BCUT2D eigenvalue weighted by molar-refractivity contribution is 7.16. The van der Waals surface area contributed by atoms with Crippen LogP contribution in [0.1, 0.15) is 10.4 Å². The molecule has 0 aliphatic carbocycles. The molecule has 0 spiro atoms. The van der Waals surface area contributed by atoms with Gasteiger partial charge in [-0.3, -0.25) is 0 Å². The molecule has 3 aromatic rings. The normalized spacial score (nSPS) is 10.6. The van der Waals surface area contributed by atoms with E-state index in [1.54, 1.807) is 5.51 Å². The maximum Gasteiger partial charge on any atom is 0.337 e. The first kappa shape index (κ1) is 12.4. The van der Waals surface area contributed by atoms with Crippen LogP contribution < -0.4 is 11.1 Å². The number of hydrogen-bond donors (Lipinski definition) is 3. The number of nitrogens with one attached hydrogen (secondary N) is 1. The first-order chi connectivity index (χ1) is 9.65. The summed E-state index contributed by atoms with van der Waals surface area (Å²) >= 11 is 1.53. The Morgan fingerprint density at radius 3 is 2.95 bits per heavy atom. The SMILES string of the molecule is Nc1c(C(=O)O)ccnc1Nc1ccc2ncsc2c1. The minimum Gasteiger partial charge on any atom is -0.478 e. The minimum atomic E-state index is -1.08. The summed E-state index contributed by atoms with van der Waals surface area (Å²) in [5.74, 6) is -0.750. The van der Waals surface area contributed by atoms with E-state index in [2.05, 4.69) is 15.3 Å². The van der Waals surface area contributed by atoms with Gasteiger partial charge in [-0.05, 0) is 24.3 Å². The van der Waals surface area contributed by atoms with Crippen LogP contribution in [-0.4, -0.2) is 21.0 Å². The summed E-state index contributed by atoms with van der Waals surface area (Å²) in [6.07, 6.45) is 1.41. The maximum atomic E-state index is 11.0. The number of carboxylic acids is 1. The number of thiazole rings is 1. The highest BCUT2D eigenvalue weighted by atomic mass is 32.1. The number of pyridine rings is 1. The van der Waals surface area contributed by atoms with Gasteiger partial charge in [-0.25, -0.2) is 14.8 Å². The Morgan fingerprint density at radius 1 is 1.30 bits per heavy atom. The Morgan fingerprint density at radius 2 is 2.15 bits per heavy atom. The van der Waals surface area contributed by atoms with Crippen LogP contribution in [0.25, 0.3) is 10.2 Å². The fraction of sp³-hybridized carbons (Fsp3) is 0. The summed E-state index contributed by atoms with van der Waals surface area (Å²) in [6.45, 7) is 0. The van der Waals surface area contributed by atoms with Crippen molar-refractivity contribution in [3.05, 3.63) is 41.5 Å². The summed E-state index contributed by atoms with van der Waals surface area (Å²) in [5, 5.41) is 12.1. The molecule has 0 atom stereocenters. The number of nitrogen functional groups attached to an aromatic ring is 1. The number of carbonyl (C=O) groups is 1. The summed E-state index contributed by atoms with van der Waals surface area (Å²) < 4.78 is 1.03. The first-order valence-electron chi connectivity index (χ1n) is 5.73. The summed E-state index contributed by atoms with van der Waals surface area (Å²) in [4.78, 5) is 19.3. The van der Waals surface area contributed by atoms with Crippen LogP contribution in [0.15, 0.2) is 36.0 Å². The van der Waals surface area contributed by atoms with Gasteiger partial charge in [0.05, 0.1) is 27.0 Å². The molecule has 0 radical (unpaired) electrons. The predicted octanol–water partition coefficient (Wildman–Crippen LogP) is 2.72. The fourth-order valence-corrected chi connectivity index (χ4v) is 2.55. The zero-order chi connectivity index (χ0) is 14.1. The van der Waals surface area contributed by atoms with Crippen LogP contribution in [0.5, 0.6) is 0 Å². The van der Waals surface area contributed by atoms with E-state index in [9.17, 15) is 4.79 Å². The van der Waals surface area contributed by atoms with E-state index in [-0.39, 0.29) is 11.3 Å². The molecule has 0 saturated carbocycles. The molecule has 100 valence electrons. The second-order valence-corrected chi connectivity index (χ2v) is 4.97. The van der Waals surface area contributed by atoms with E-state index in [0.717, 1.165) is 15.9 Å². The molecule has 0 aliphatic rings. The molecule has 0 fully saturated rings. The van der Waals surface area contributed by atoms with Gasteiger partial charge < -0.3 is 16.2 Å². The van der Waals surface area contributed by atoms with Crippen LogP contribution in [0.2, 0.25) is 0 Å². The maximum absolute atomic E-state index is 11.0. The van der Waals surface area contributed by atoms with Gasteiger partial charge in [0.1, 0.15) is 0 Å². The number of fused-ring (bicyclic) bond motifs is 1. The standard InChI is InChI=1S/C13H10N4O2S/c14-11-8(13(18)19)3-4-15-12(11)17-7-1-2-9-10(5-7)20-6-16-9/h1-6H,14H2,(H,15,17)(H,18,19). The van der Waals surface area contributed by atoms with E-state index in [1.807, 2.05) is 18.2 Å². The Balaban J connectivity index is 1.98. The quantitative estimate of drug-likeness (QED) is 0.684. The van der Waals surface area contributed by atoms with Crippen LogP contribution in [0, 0.1) is 0 Å². The largest absolute Gasteiger partial charge is 0.478 e. The monoisotopic (exact) mass is 286 g/mol. The Hall–Kier alpha value is -2.67. The van der Waals surface area contributed by atoms with E-state index in [1.165, 1.54) is 23.6 Å². The van der Waals surface area contributed by atoms with Crippen molar-refractivity contribution in [2.45, 2.75) is 0 Å². The minimum absolute atomic E-state index is 0.0290. The summed E-state index contributed by atoms with van der Waals surface area (Å²) in [6, 6.07) is 7.01. The first-order valence-corrected chi connectivity index (χ1v) is 6.61. The molecule has 4 N–H and O–H groups in total. The molecule has 2 aromatic heterocycles. The summed E-state index contributed by atoms with van der Waals surface area (Å²) in [7, 11) is 0. The Labute approximate surface area is 117 Å². The molecule has 7 heteroatoms. The molecular formula is C13H10N4O2S. The van der Waals surface area contributed by atoms with Gasteiger partial charge in [0.2, 0.25) is 0 Å². The van der Waals surface area contributed by atoms with Crippen molar-refractivity contribution >= 4 is 44.7 Å². The number of anilines is 3. The van der Waals surface area contributed by atoms with Gasteiger partial charge in [0.25, 0.3) is 0 Å². The smallest absolute Gasteiger partial charge is 0.337 e. The lowest BCUT2D eigenvalue weighted by Crippen LogP contribution is -2.06. The Bertz CT molecular complexity index is 800. The molecule has 0 saturated heterocycles. The topological polar surface area (TPSA) is 101 Å². The molecule has 3 rings (SSSR count). The third-order valence-corrected chi connectivity index (χ3v) is 3.61. The molecule has 2 heterocycles. The van der Waals surface area contributed by atoms with Gasteiger partial charge in [-0.15, -0.1) is 11.3 Å². The zero-order valence-corrected chi connectivity index (χ0v) is 11.0. The average Bonchev–Trinajstić information content (AvgIpc) is 2.88. The second kappa shape index (κ2) is 4.78. The fourth-order valence-electron chi connectivity index (χ4n) is 1.83. The molecule has 6 nitrogen and oxygen atoms in total. The van der Waals surface area contributed by atoms with Crippen molar-refractivity contribution in [1.29, 1.82) is 0 Å². The predicted molar refractivity (Wildman–Crippen MR) is 78.5 cm³/mol. The van der Waals surface area contributed by atoms with E-state index in [0.29, 0.717) is 5.82 Å². The van der Waals surface area contributed by atoms with Crippen molar-refractivity contribution in [3.63, 3.8) is 0 Å². The van der Waals surface area contributed by atoms with Crippen molar-refractivity contribution in [2.75, 3.05) is 11.1 Å². The lowest BCUT2D eigenvalue weighted by atomic mass is 10.2. The van der Waals surface area contributed by atoms with Gasteiger partial charge in [0, 0.05) is 11.9 Å². The third-order valence-electron chi connectivity index (χ3n) is 2.81.